The van der Waals surface area contributed by atoms with Crippen LogP contribution in [0, 0.1) is 17.8 Å². The summed E-state index contributed by atoms with van der Waals surface area (Å²) in [7, 11) is 0. The molecule has 1 saturated carbocycles. The standard InChI is InChI=1S/C13H20N2O2/c16-13(12-6-9-1-2-10(12)5-9)15-7-11-8-17-4-3-14-11/h1-2,9-12,14H,3-8H2,(H,15,16). The first kappa shape index (κ1) is 11.2. The highest BCUT2D eigenvalue weighted by atomic mass is 16.5. The maximum absolute atomic E-state index is 12.1. The van der Waals surface area contributed by atoms with Crippen LogP contribution in [0.1, 0.15) is 12.8 Å². The van der Waals surface area contributed by atoms with Crippen LogP contribution in [-0.4, -0.2) is 38.3 Å². The Labute approximate surface area is 102 Å². The van der Waals surface area contributed by atoms with Gasteiger partial charge < -0.3 is 15.4 Å². The lowest BCUT2D eigenvalue weighted by molar-refractivity contribution is -0.125. The highest BCUT2D eigenvalue weighted by molar-refractivity contribution is 5.80. The fraction of sp³-hybridized carbons (Fsp3) is 0.769. The monoisotopic (exact) mass is 236 g/mol. The van der Waals surface area contributed by atoms with E-state index in [1.54, 1.807) is 0 Å². The molecule has 0 aromatic rings. The van der Waals surface area contributed by atoms with Crippen LogP contribution in [0.5, 0.6) is 0 Å². The summed E-state index contributed by atoms with van der Waals surface area (Å²) < 4.78 is 5.36. The van der Waals surface area contributed by atoms with Crippen molar-refractivity contribution in [3.8, 4) is 0 Å². The van der Waals surface area contributed by atoms with Gasteiger partial charge >= 0.3 is 0 Å². The summed E-state index contributed by atoms with van der Waals surface area (Å²) >= 11 is 0. The summed E-state index contributed by atoms with van der Waals surface area (Å²) in [5.41, 5.74) is 0. The number of fused-ring (bicyclic) bond motifs is 2. The first-order valence-corrected chi connectivity index (χ1v) is 6.60. The molecule has 3 rings (SSSR count). The third-order valence-electron chi connectivity index (χ3n) is 4.14. The number of hydrogen-bond donors (Lipinski definition) is 2. The molecule has 2 N–H and O–H groups in total. The minimum Gasteiger partial charge on any atom is -0.378 e. The summed E-state index contributed by atoms with van der Waals surface area (Å²) in [5.74, 6) is 1.60. The van der Waals surface area contributed by atoms with Gasteiger partial charge in [0.1, 0.15) is 0 Å². The van der Waals surface area contributed by atoms with Gasteiger partial charge in [-0.3, -0.25) is 4.79 Å². The van der Waals surface area contributed by atoms with Crippen LogP contribution in [0.4, 0.5) is 0 Å². The minimum absolute atomic E-state index is 0.217. The molecule has 2 fully saturated rings. The normalized spacial score (nSPS) is 39.5. The molecule has 4 unspecified atom stereocenters. The zero-order chi connectivity index (χ0) is 11.7. The second-order valence-electron chi connectivity index (χ2n) is 5.36. The second-order valence-corrected chi connectivity index (χ2v) is 5.36. The minimum atomic E-state index is 0.217. The van der Waals surface area contributed by atoms with E-state index in [-0.39, 0.29) is 17.9 Å². The molecule has 0 aromatic heterocycles. The Kier molecular flexibility index (Phi) is 3.16. The van der Waals surface area contributed by atoms with Gasteiger partial charge in [0.2, 0.25) is 5.91 Å². The molecule has 0 radical (unpaired) electrons. The maximum Gasteiger partial charge on any atom is 0.223 e. The Morgan fingerprint density at radius 2 is 2.35 bits per heavy atom. The molecule has 3 aliphatic rings. The van der Waals surface area contributed by atoms with Crippen molar-refractivity contribution in [2.24, 2.45) is 17.8 Å². The number of carbonyl (C=O) groups excluding carboxylic acids is 1. The lowest BCUT2D eigenvalue weighted by atomic mass is 9.93. The summed E-state index contributed by atoms with van der Waals surface area (Å²) in [4.78, 5) is 12.1. The molecular formula is C13H20N2O2. The van der Waals surface area contributed by atoms with Crippen molar-refractivity contribution in [1.29, 1.82) is 0 Å². The predicted molar refractivity (Wildman–Crippen MR) is 64.5 cm³/mol. The molecule has 4 nitrogen and oxygen atoms in total. The number of carbonyl (C=O) groups is 1. The fourth-order valence-electron chi connectivity index (χ4n) is 3.19. The molecular weight excluding hydrogens is 216 g/mol. The topological polar surface area (TPSA) is 50.4 Å². The van der Waals surface area contributed by atoms with E-state index in [1.165, 1.54) is 6.42 Å². The molecule has 0 spiro atoms. The van der Waals surface area contributed by atoms with Crippen LogP contribution in [0.2, 0.25) is 0 Å². The molecule has 2 bridgehead atoms. The van der Waals surface area contributed by atoms with Crippen LogP contribution in [0.25, 0.3) is 0 Å². The third-order valence-corrected chi connectivity index (χ3v) is 4.14. The van der Waals surface area contributed by atoms with Gasteiger partial charge in [-0.15, -0.1) is 0 Å². The number of nitrogens with one attached hydrogen (secondary N) is 2. The molecule has 0 aromatic carbocycles. The molecule has 17 heavy (non-hydrogen) atoms. The van der Waals surface area contributed by atoms with E-state index in [2.05, 4.69) is 22.8 Å². The number of allylic oxidation sites excluding steroid dienone is 2. The summed E-state index contributed by atoms with van der Waals surface area (Å²) in [6.45, 7) is 3.06. The molecule has 1 heterocycles. The van der Waals surface area contributed by atoms with E-state index in [1.807, 2.05) is 0 Å². The first-order chi connectivity index (χ1) is 8.33. The van der Waals surface area contributed by atoms with Crippen LogP contribution in [-0.2, 0) is 9.53 Å². The Hall–Kier alpha value is -0.870. The van der Waals surface area contributed by atoms with Crippen molar-refractivity contribution in [2.75, 3.05) is 26.3 Å². The first-order valence-electron chi connectivity index (χ1n) is 6.60. The van der Waals surface area contributed by atoms with Crippen molar-refractivity contribution in [3.63, 3.8) is 0 Å². The van der Waals surface area contributed by atoms with Gasteiger partial charge in [0.05, 0.1) is 13.2 Å². The van der Waals surface area contributed by atoms with Gasteiger partial charge in [0.25, 0.3) is 0 Å². The predicted octanol–water partition coefficient (Wildman–Crippen LogP) is 0.303. The van der Waals surface area contributed by atoms with Crippen molar-refractivity contribution < 1.29 is 9.53 Å². The Morgan fingerprint density at radius 1 is 1.41 bits per heavy atom. The molecule has 4 atom stereocenters. The van der Waals surface area contributed by atoms with E-state index in [9.17, 15) is 4.79 Å². The number of hydrogen-bond acceptors (Lipinski definition) is 3. The molecule has 1 saturated heterocycles. The number of amides is 1. The fourth-order valence-corrected chi connectivity index (χ4v) is 3.19. The molecule has 2 aliphatic carbocycles. The van der Waals surface area contributed by atoms with Gasteiger partial charge in [-0.1, -0.05) is 12.2 Å². The van der Waals surface area contributed by atoms with E-state index >= 15 is 0 Å². The Morgan fingerprint density at radius 3 is 3.00 bits per heavy atom. The molecule has 4 heteroatoms. The van der Waals surface area contributed by atoms with E-state index in [0.29, 0.717) is 25.0 Å². The van der Waals surface area contributed by atoms with Gasteiger partial charge in [-0.2, -0.15) is 0 Å². The maximum atomic E-state index is 12.1. The lowest BCUT2D eigenvalue weighted by Crippen LogP contribution is -2.49. The largest absolute Gasteiger partial charge is 0.378 e. The average molecular weight is 236 g/mol. The summed E-state index contributed by atoms with van der Waals surface area (Å²) in [6, 6.07) is 0.279. The van der Waals surface area contributed by atoms with Gasteiger partial charge in [-0.05, 0) is 24.7 Å². The van der Waals surface area contributed by atoms with Crippen LogP contribution >= 0.6 is 0 Å². The average Bonchev–Trinajstić information content (AvgIpc) is 2.99. The molecule has 1 amide bonds. The van der Waals surface area contributed by atoms with Crippen LogP contribution in [0.15, 0.2) is 12.2 Å². The zero-order valence-electron chi connectivity index (χ0n) is 10.0. The van der Waals surface area contributed by atoms with Crippen molar-refractivity contribution in [3.05, 3.63) is 12.2 Å². The summed E-state index contributed by atoms with van der Waals surface area (Å²) in [5, 5.41) is 6.41. The van der Waals surface area contributed by atoms with Crippen molar-refractivity contribution in [2.45, 2.75) is 18.9 Å². The summed E-state index contributed by atoms with van der Waals surface area (Å²) in [6.07, 6.45) is 6.72. The number of morpholine rings is 1. The van der Waals surface area contributed by atoms with Crippen LogP contribution < -0.4 is 10.6 Å². The second kappa shape index (κ2) is 4.78. The van der Waals surface area contributed by atoms with Gasteiger partial charge in [0, 0.05) is 25.0 Å². The lowest BCUT2D eigenvalue weighted by Gasteiger charge is -2.25. The van der Waals surface area contributed by atoms with Crippen molar-refractivity contribution in [1.82, 2.24) is 10.6 Å². The molecule has 1 aliphatic heterocycles. The Bertz CT molecular complexity index is 323. The number of ether oxygens (including phenoxy) is 1. The van der Waals surface area contributed by atoms with Gasteiger partial charge in [0.15, 0.2) is 0 Å². The van der Waals surface area contributed by atoms with E-state index in [4.69, 9.17) is 4.74 Å². The van der Waals surface area contributed by atoms with Crippen molar-refractivity contribution >= 4 is 5.91 Å². The highest BCUT2D eigenvalue weighted by Gasteiger charge is 2.39. The highest BCUT2D eigenvalue weighted by Crippen LogP contribution is 2.43. The van der Waals surface area contributed by atoms with Gasteiger partial charge in [-0.25, -0.2) is 0 Å². The van der Waals surface area contributed by atoms with Crippen LogP contribution in [0.3, 0.4) is 0 Å². The Balaban J connectivity index is 1.45. The third kappa shape index (κ3) is 2.38. The number of rotatable bonds is 3. The zero-order valence-corrected chi connectivity index (χ0v) is 10.0. The SMILES string of the molecule is O=C(NCC1COCCN1)C1CC2C=CC1C2. The van der Waals surface area contributed by atoms with E-state index in [0.717, 1.165) is 19.6 Å². The van der Waals surface area contributed by atoms with E-state index < -0.39 is 0 Å². The quantitative estimate of drug-likeness (QED) is 0.693. The molecule has 94 valence electrons. The smallest absolute Gasteiger partial charge is 0.223 e.